The maximum Gasteiger partial charge on any atom is 0.104 e. The van der Waals surface area contributed by atoms with Crippen molar-refractivity contribution < 1.29 is 0 Å². The van der Waals surface area contributed by atoms with E-state index in [1.165, 1.54) is 16.9 Å². The highest BCUT2D eigenvalue weighted by Crippen LogP contribution is 2.43. The van der Waals surface area contributed by atoms with Crippen LogP contribution in [0.25, 0.3) is 0 Å². The summed E-state index contributed by atoms with van der Waals surface area (Å²) < 4.78 is 0. The maximum atomic E-state index is 9.02. The van der Waals surface area contributed by atoms with Crippen molar-refractivity contribution in [3.05, 3.63) is 16.0 Å². The van der Waals surface area contributed by atoms with Crippen LogP contribution in [0.5, 0.6) is 0 Å². The largest absolute Gasteiger partial charge is 0.389 e. The third-order valence-electron chi connectivity index (χ3n) is 2.94. The molecule has 1 aliphatic rings. The zero-order chi connectivity index (χ0) is 10.3. The van der Waals surface area contributed by atoms with Gasteiger partial charge in [-0.15, -0.1) is 11.3 Å². The van der Waals surface area contributed by atoms with Gasteiger partial charge in [0.25, 0.3) is 0 Å². The van der Waals surface area contributed by atoms with Gasteiger partial charge < -0.3 is 5.73 Å². The normalized spacial score (nSPS) is 25.5. The molecule has 2 unspecified atom stereocenters. The summed E-state index contributed by atoms with van der Waals surface area (Å²) in [5.74, 6) is 1.22. The second-order valence-electron chi connectivity index (χ2n) is 4.24. The van der Waals surface area contributed by atoms with Crippen molar-refractivity contribution in [2.45, 2.75) is 32.6 Å². The average Bonchev–Trinajstić information content (AvgIpc) is 2.40. The van der Waals surface area contributed by atoms with E-state index in [0.29, 0.717) is 10.9 Å². The molecule has 0 saturated carbocycles. The van der Waals surface area contributed by atoms with E-state index in [-0.39, 0.29) is 0 Å². The highest BCUT2D eigenvalue weighted by atomic mass is 32.1. The Hall–Kier alpha value is -1.01. The van der Waals surface area contributed by atoms with Crippen molar-refractivity contribution in [3.63, 3.8) is 0 Å². The molecule has 1 aliphatic carbocycles. The zero-order valence-corrected chi connectivity index (χ0v) is 9.32. The van der Waals surface area contributed by atoms with Crippen LogP contribution in [0.2, 0.25) is 0 Å². The molecule has 0 bridgehead atoms. The summed E-state index contributed by atoms with van der Waals surface area (Å²) in [7, 11) is 0. The van der Waals surface area contributed by atoms with Gasteiger partial charge in [0.15, 0.2) is 0 Å². The number of thiophene rings is 1. The molecule has 0 spiro atoms. The number of anilines is 1. The van der Waals surface area contributed by atoms with E-state index in [9.17, 15) is 0 Å². The first-order valence-electron chi connectivity index (χ1n) is 4.94. The van der Waals surface area contributed by atoms with Crippen LogP contribution in [0.1, 0.15) is 42.2 Å². The first kappa shape index (κ1) is 9.54. The molecule has 0 amide bonds. The molecule has 1 heterocycles. The number of hydrogen-bond donors (Lipinski definition) is 1. The fourth-order valence-electron chi connectivity index (χ4n) is 2.42. The number of nitrogens with zero attached hydrogens (tertiary/aromatic N) is 1. The fraction of sp³-hybridized carbons (Fsp3) is 0.545. The van der Waals surface area contributed by atoms with Gasteiger partial charge in [-0.1, -0.05) is 13.8 Å². The molecule has 1 aromatic heterocycles. The lowest BCUT2D eigenvalue weighted by Gasteiger charge is -2.24. The number of rotatable bonds is 0. The SMILES string of the molecule is CC1Cc2sc(N)c(C#N)c2C(C)C1. The summed E-state index contributed by atoms with van der Waals surface area (Å²) in [5.41, 5.74) is 7.81. The van der Waals surface area contributed by atoms with Gasteiger partial charge in [0.1, 0.15) is 11.1 Å². The van der Waals surface area contributed by atoms with E-state index in [4.69, 9.17) is 11.0 Å². The summed E-state index contributed by atoms with van der Waals surface area (Å²) in [6.45, 7) is 4.46. The summed E-state index contributed by atoms with van der Waals surface area (Å²) in [5, 5.41) is 9.73. The topological polar surface area (TPSA) is 49.8 Å². The van der Waals surface area contributed by atoms with Crippen LogP contribution in [-0.4, -0.2) is 0 Å². The van der Waals surface area contributed by atoms with Crippen LogP contribution in [0, 0.1) is 17.2 Å². The highest BCUT2D eigenvalue weighted by Gasteiger charge is 2.27. The molecule has 0 aliphatic heterocycles. The van der Waals surface area contributed by atoms with Gasteiger partial charge >= 0.3 is 0 Å². The van der Waals surface area contributed by atoms with Crippen LogP contribution in [0.3, 0.4) is 0 Å². The van der Waals surface area contributed by atoms with Crippen molar-refractivity contribution >= 4 is 16.3 Å². The predicted octanol–water partition coefficient (Wildman–Crippen LogP) is 2.89. The Balaban J connectivity index is 2.55. The minimum atomic E-state index is 0.497. The van der Waals surface area contributed by atoms with E-state index in [0.717, 1.165) is 17.9 Å². The lowest BCUT2D eigenvalue weighted by molar-refractivity contribution is 0.455. The monoisotopic (exact) mass is 206 g/mol. The minimum absolute atomic E-state index is 0.497. The van der Waals surface area contributed by atoms with Gasteiger partial charge in [-0.2, -0.15) is 5.26 Å². The molecule has 3 heteroatoms. The Morgan fingerprint density at radius 3 is 2.86 bits per heavy atom. The van der Waals surface area contributed by atoms with E-state index in [2.05, 4.69) is 19.9 Å². The Morgan fingerprint density at radius 1 is 1.50 bits per heavy atom. The van der Waals surface area contributed by atoms with Crippen molar-refractivity contribution in [2.24, 2.45) is 5.92 Å². The quantitative estimate of drug-likeness (QED) is 0.709. The van der Waals surface area contributed by atoms with Crippen LogP contribution in [0.4, 0.5) is 5.00 Å². The highest BCUT2D eigenvalue weighted by molar-refractivity contribution is 7.16. The van der Waals surface area contributed by atoms with Gasteiger partial charge in [0.2, 0.25) is 0 Å². The first-order valence-corrected chi connectivity index (χ1v) is 5.76. The van der Waals surface area contributed by atoms with Gasteiger partial charge in [0.05, 0.1) is 5.56 Å². The number of nitrogen functional groups attached to an aromatic ring is 1. The van der Waals surface area contributed by atoms with Gasteiger partial charge in [-0.3, -0.25) is 0 Å². The predicted molar refractivity (Wildman–Crippen MR) is 59.3 cm³/mol. The van der Waals surface area contributed by atoms with Crippen molar-refractivity contribution in [3.8, 4) is 6.07 Å². The average molecular weight is 206 g/mol. The zero-order valence-electron chi connectivity index (χ0n) is 8.50. The van der Waals surface area contributed by atoms with Crippen molar-refractivity contribution in [2.75, 3.05) is 5.73 Å². The molecule has 0 aromatic carbocycles. The number of nitriles is 1. The third-order valence-corrected chi connectivity index (χ3v) is 4.00. The lowest BCUT2D eigenvalue weighted by Crippen LogP contribution is -2.13. The van der Waals surface area contributed by atoms with E-state index in [1.807, 2.05) is 0 Å². The Labute approximate surface area is 88.4 Å². The van der Waals surface area contributed by atoms with Gasteiger partial charge in [-0.05, 0) is 30.2 Å². The summed E-state index contributed by atoms with van der Waals surface area (Å²) in [4.78, 5) is 1.34. The van der Waals surface area contributed by atoms with E-state index < -0.39 is 0 Å². The summed E-state index contributed by atoms with van der Waals surface area (Å²) in [6, 6.07) is 2.23. The molecule has 0 saturated heterocycles. The molecular formula is C11H14N2S. The van der Waals surface area contributed by atoms with Crippen molar-refractivity contribution in [1.82, 2.24) is 0 Å². The smallest absolute Gasteiger partial charge is 0.104 e. The second-order valence-corrected chi connectivity index (χ2v) is 5.37. The first-order chi connectivity index (χ1) is 6.63. The Bertz CT molecular complexity index is 400. The van der Waals surface area contributed by atoms with Gasteiger partial charge in [-0.25, -0.2) is 0 Å². The lowest BCUT2D eigenvalue weighted by atomic mass is 9.81. The summed E-state index contributed by atoms with van der Waals surface area (Å²) in [6.07, 6.45) is 2.27. The Morgan fingerprint density at radius 2 is 2.21 bits per heavy atom. The third kappa shape index (κ3) is 1.31. The molecule has 2 nitrogen and oxygen atoms in total. The van der Waals surface area contributed by atoms with E-state index >= 15 is 0 Å². The molecular weight excluding hydrogens is 192 g/mol. The maximum absolute atomic E-state index is 9.02. The molecule has 2 rings (SSSR count). The molecule has 74 valence electrons. The summed E-state index contributed by atoms with van der Waals surface area (Å²) >= 11 is 1.60. The fourth-order valence-corrected chi connectivity index (χ4v) is 3.72. The number of nitrogens with two attached hydrogens (primary N) is 1. The van der Waals surface area contributed by atoms with Crippen molar-refractivity contribution in [1.29, 1.82) is 5.26 Å². The minimum Gasteiger partial charge on any atom is -0.389 e. The second kappa shape index (κ2) is 3.29. The molecule has 0 radical (unpaired) electrons. The molecule has 14 heavy (non-hydrogen) atoms. The number of fused-ring (bicyclic) bond motifs is 1. The standard InChI is InChI=1S/C11H14N2S/c1-6-3-7(2)10-8(5-12)11(13)14-9(10)4-6/h6-7H,3-4,13H2,1-2H3. The molecule has 2 atom stereocenters. The van der Waals surface area contributed by atoms with Crippen LogP contribution in [0.15, 0.2) is 0 Å². The number of hydrogen-bond acceptors (Lipinski definition) is 3. The van der Waals surface area contributed by atoms with Gasteiger partial charge in [0, 0.05) is 4.88 Å². The van der Waals surface area contributed by atoms with Crippen LogP contribution >= 0.6 is 11.3 Å². The van der Waals surface area contributed by atoms with E-state index in [1.54, 1.807) is 11.3 Å². The molecule has 1 aromatic rings. The Kier molecular flexibility index (Phi) is 2.24. The van der Waals surface area contributed by atoms with Crippen LogP contribution in [-0.2, 0) is 6.42 Å². The molecule has 0 fully saturated rings. The van der Waals surface area contributed by atoms with Crippen LogP contribution < -0.4 is 5.73 Å². The molecule has 2 N–H and O–H groups in total.